The molecule has 0 saturated carbocycles. The monoisotopic (exact) mass is 357 g/mol. The summed E-state index contributed by atoms with van der Waals surface area (Å²) in [7, 11) is 0. The van der Waals surface area contributed by atoms with Gasteiger partial charge >= 0.3 is 5.97 Å². The fourth-order valence-corrected chi connectivity index (χ4v) is 3.23. The largest absolute Gasteiger partial charge is 0.493 e. The van der Waals surface area contributed by atoms with Crippen LogP contribution in [0.4, 0.5) is 4.39 Å². The van der Waals surface area contributed by atoms with E-state index in [4.69, 9.17) is 9.84 Å². The number of benzene rings is 2. The highest BCUT2D eigenvalue weighted by molar-refractivity contribution is 5.78. The Kier molecular flexibility index (Phi) is 5.51. The minimum Gasteiger partial charge on any atom is -0.493 e. The zero-order chi connectivity index (χ0) is 18.5. The van der Waals surface area contributed by atoms with Gasteiger partial charge in [0.05, 0.1) is 19.1 Å². The van der Waals surface area contributed by atoms with Crippen LogP contribution in [0.5, 0.6) is 5.75 Å². The zero-order valence-corrected chi connectivity index (χ0v) is 14.2. The molecule has 0 saturated heterocycles. The Morgan fingerprint density at radius 3 is 2.65 bits per heavy atom. The van der Waals surface area contributed by atoms with Gasteiger partial charge in [-0.3, -0.25) is 9.59 Å². The number of nitrogens with one attached hydrogen (secondary N) is 1. The summed E-state index contributed by atoms with van der Waals surface area (Å²) in [6.07, 6.45) is 0.712. The highest BCUT2D eigenvalue weighted by Gasteiger charge is 2.25. The number of amides is 1. The average Bonchev–Trinajstić information content (AvgIpc) is 2.62. The number of carboxylic acid groups (broad SMARTS) is 1. The number of carbonyl (C=O) groups is 2. The predicted octanol–water partition coefficient (Wildman–Crippen LogP) is 3.41. The Bertz CT molecular complexity index is 791. The Morgan fingerprint density at radius 2 is 1.92 bits per heavy atom. The van der Waals surface area contributed by atoms with Crippen molar-refractivity contribution in [1.82, 2.24) is 5.32 Å². The van der Waals surface area contributed by atoms with Crippen LogP contribution in [-0.4, -0.2) is 23.6 Å². The molecule has 1 aliphatic heterocycles. The molecule has 2 N–H and O–H groups in total. The molecular weight excluding hydrogens is 337 g/mol. The molecule has 2 atom stereocenters. The molecule has 0 aromatic heterocycles. The molecule has 2 unspecified atom stereocenters. The molecule has 0 radical (unpaired) electrons. The normalized spacial score (nSPS) is 16.9. The molecule has 0 bridgehead atoms. The summed E-state index contributed by atoms with van der Waals surface area (Å²) in [5.74, 6) is -0.859. The number of halogens is 1. The second kappa shape index (κ2) is 7.99. The summed E-state index contributed by atoms with van der Waals surface area (Å²) in [5, 5.41) is 11.9. The molecule has 1 amide bonds. The molecule has 2 aromatic carbocycles. The summed E-state index contributed by atoms with van der Waals surface area (Å²) in [6.45, 7) is 0.547. The van der Waals surface area contributed by atoms with E-state index in [9.17, 15) is 14.0 Å². The smallest absolute Gasteiger partial charge is 0.305 e. The van der Waals surface area contributed by atoms with E-state index in [0.717, 1.165) is 17.7 Å². The van der Waals surface area contributed by atoms with Crippen molar-refractivity contribution in [2.45, 2.75) is 31.2 Å². The number of rotatable bonds is 6. The average molecular weight is 357 g/mol. The van der Waals surface area contributed by atoms with Crippen molar-refractivity contribution >= 4 is 11.9 Å². The number of carbonyl (C=O) groups excluding carboxylic acids is 1. The standard InChI is InChI=1S/C20H20FNO4/c21-15-7-5-13(6-8-15)17(12-20(24)25)22-19(23)11-14-9-10-26-18-4-2-1-3-16(14)18/h1-8,14,17H,9-12H2,(H,22,23)(H,24,25). The highest BCUT2D eigenvalue weighted by atomic mass is 19.1. The first-order chi connectivity index (χ1) is 12.5. The molecule has 2 aromatic rings. The van der Waals surface area contributed by atoms with Gasteiger partial charge in [0.15, 0.2) is 0 Å². The maximum Gasteiger partial charge on any atom is 0.305 e. The van der Waals surface area contributed by atoms with E-state index in [1.807, 2.05) is 24.3 Å². The first-order valence-electron chi connectivity index (χ1n) is 8.51. The van der Waals surface area contributed by atoms with Crippen LogP contribution in [0, 0.1) is 5.82 Å². The summed E-state index contributed by atoms with van der Waals surface area (Å²) < 4.78 is 18.7. The molecule has 0 spiro atoms. The Hall–Kier alpha value is -2.89. The second-order valence-electron chi connectivity index (χ2n) is 6.35. The number of hydrogen-bond donors (Lipinski definition) is 2. The van der Waals surface area contributed by atoms with E-state index in [2.05, 4.69) is 5.32 Å². The molecule has 26 heavy (non-hydrogen) atoms. The number of aliphatic carboxylic acids is 1. The zero-order valence-electron chi connectivity index (χ0n) is 14.2. The van der Waals surface area contributed by atoms with Gasteiger partial charge in [-0.1, -0.05) is 30.3 Å². The van der Waals surface area contributed by atoms with E-state index >= 15 is 0 Å². The molecule has 6 heteroatoms. The van der Waals surface area contributed by atoms with Gasteiger partial charge in [-0.25, -0.2) is 4.39 Å². The fraction of sp³-hybridized carbons (Fsp3) is 0.300. The van der Waals surface area contributed by atoms with Crippen molar-refractivity contribution in [3.05, 3.63) is 65.5 Å². The predicted molar refractivity (Wildman–Crippen MR) is 93.4 cm³/mol. The van der Waals surface area contributed by atoms with E-state index in [1.54, 1.807) is 0 Å². The Labute approximate surface area is 150 Å². The molecule has 0 fully saturated rings. The van der Waals surface area contributed by atoms with Gasteiger partial charge in [-0.05, 0) is 41.7 Å². The van der Waals surface area contributed by atoms with Gasteiger partial charge in [0.25, 0.3) is 0 Å². The van der Waals surface area contributed by atoms with E-state index in [-0.39, 0.29) is 24.7 Å². The summed E-state index contributed by atoms with van der Waals surface area (Å²) in [5.41, 5.74) is 1.56. The third kappa shape index (κ3) is 4.39. The highest BCUT2D eigenvalue weighted by Crippen LogP contribution is 2.35. The van der Waals surface area contributed by atoms with Crippen LogP contribution in [0.3, 0.4) is 0 Å². The topological polar surface area (TPSA) is 75.6 Å². The summed E-state index contributed by atoms with van der Waals surface area (Å²) >= 11 is 0. The van der Waals surface area contributed by atoms with Crippen LogP contribution in [0.2, 0.25) is 0 Å². The third-order valence-electron chi connectivity index (χ3n) is 4.50. The summed E-state index contributed by atoms with van der Waals surface area (Å²) in [6, 6.07) is 12.4. The van der Waals surface area contributed by atoms with Crippen LogP contribution in [0.25, 0.3) is 0 Å². The first kappa shape index (κ1) is 17.9. The van der Waals surface area contributed by atoms with Crippen molar-refractivity contribution < 1.29 is 23.8 Å². The van der Waals surface area contributed by atoms with Crippen LogP contribution >= 0.6 is 0 Å². The lowest BCUT2D eigenvalue weighted by Gasteiger charge is -2.26. The minimum absolute atomic E-state index is 0.0265. The number of carboxylic acids is 1. The van der Waals surface area contributed by atoms with Crippen LogP contribution in [0.1, 0.15) is 42.3 Å². The molecular formula is C20H20FNO4. The lowest BCUT2D eigenvalue weighted by atomic mass is 9.90. The Balaban J connectivity index is 1.70. The number of hydrogen-bond acceptors (Lipinski definition) is 3. The van der Waals surface area contributed by atoms with Crippen molar-refractivity contribution in [1.29, 1.82) is 0 Å². The van der Waals surface area contributed by atoms with Gasteiger partial charge in [0.2, 0.25) is 5.91 Å². The molecule has 136 valence electrons. The molecule has 1 heterocycles. The first-order valence-corrected chi connectivity index (χ1v) is 8.51. The number of ether oxygens (including phenoxy) is 1. The lowest BCUT2D eigenvalue weighted by molar-refractivity contribution is -0.137. The van der Waals surface area contributed by atoms with E-state index in [0.29, 0.717) is 12.2 Å². The molecule has 1 aliphatic rings. The molecule has 3 rings (SSSR count). The van der Waals surface area contributed by atoms with E-state index < -0.39 is 17.8 Å². The summed E-state index contributed by atoms with van der Waals surface area (Å²) in [4.78, 5) is 23.7. The van der Waals surface area contributed by atoms with Gasteiger partial charge < -0.3 is 15.2 Å². The fourth-order valence-electron chi connectivity index (χ4n) is 3.23. The maximum atomic E-state index is 13.1. The Morgan fingerprint density at radius 1 is 1.19 bits per heavy atom. The number of fused-ring (bicyclic) bond motifs is 1. The quantitative estimate of drug-likeness (QED) is 0.831. The second-order valence-corrected chi connectivity index (χ2v) is 6.35. The van der Waals surface area contributed by atoms with Crippen LogP contribution < -0.4 is 10.1 Å². The van der Waals surface area contributed by atoms with Gasteiger partial charge in [-0.2, -0.15) is 0 Å². The van der Waals surface area contributed by atoms with Gasteiger partial charge in [0, 0.05) is 6.42 Å². The van der Waals surface area contributed by atoms with Crippen molar-refractivity contribution in [2.75, 3.05) is 6.61 Å². The minimum atomic E-state index is -1.03. The lowest BCUT2D eigenvalue weighted by Crippen LogP contribution is -2.32. The van der Waals surface area contributed by atoms with Crippen LogP contribution in [0.15, 0.2) is 48.5 Å². The third-order valence-corrected chi connectivity index (χ3v) is 4.50. The molecule has 5 nitrogen and oxygen atoms in total. The van der Waals surface area contributed by atoms with Crippen molar-refractivity contribution in [3.8, 4) is 5.75 Å². The maximum absolute atomic E-state index is 13.1. The van der Waals surface area contributed by atoms with Crippen molar-refractivity contribution in [2.24, 2.45) is 0 Å². The van der Waals surface area contributed by atoms with Gasteiger partial charge in [-0.15, -0.1) is 0 Å². The van der Waals surface area contributed by atoms with Crippen molar-refractivity contribution in [3.63, 3.8) is 0 Å². The SMILES string of the molecule is O=C(O)CC(NC(=O)CC1CCOc2ccccc21)c1ccc(F)cc1. The van der Waals surface area contributed by atoms with E-state index in [1.165, 1.54) is 24.3 Å². The molecule has 0 aliphatic carbocycles. The van der Waals surface area contributed by atoms with Gasteiger partial charge in [0.1, 0.15) is 11.6 Å². The number of para-hydroxylation sites is 1. The van der Waals surface area contributed by atoms with Crippen LogP contribution in [-0.2, 0) is 9.59 Å².